The molecule has 1 N–H and O–H groups in total. The lowest BCUT2D eigenvalue weighted by atomic mass is 10.1. The van der Waals surface area contributed by atoms with Gasteiger partial charge in [0.05, 0.1) is 17.7 Å². The highest BCUT2D eigenvalue weighted by Crippen LogP contribution is 2.19. The molecule has 0 aliphatic rings. The number of ether oxygens (including phenoxy) is 1. The molecule has 7 nitrogen and oxygen atoms in total. The van der Waals surface area contributed by atoms with Gasteiger partial charge in [-0.3, -0.25) is 19.9 Å². The number of carbonyl (C=O) groups is 1. The summed E-state index contributed by atoms with van der Waals surface area (Å²) in [7, 11) is 0. The Morgan fingerprint density at radius 1 is 1.38 bits per heavy atom. The number of hydrogen-bond acceptors (Lipinski definition) is 5. The zero-order valence-corrected chi connectivity index (χ0v) is 13.0. The third-order valence-electron chi connectivity index (χ3n) is 3.08. The molecule has 0 aliphatic heterocycles. The number of hydrogen-bond donors (Lipinski definition) is 1. The van der Waals surface area contributed by atoms with E-state index in [0.717, 1.165) is 0 Å². The number of nitro benzene ring substituents is 1. The van der Waals surface area contributed by atoms with Crippen molar-refractivity contribution in [3.8, 4) is 17.6 Å². The van der Waals surface area contributed by atoms with E-state index in [-0.39, 0.29) is 24.4 Å². The monoisotopic (exact) mass is 325 g/mol. The van der Waals surface area contributed by atoms with Crippen LogP contribution in [0.5, 0.6) is 5.75 Å². The van der Waals surface area contributed by atoms with Crippen molar-refractivity contribution in [2.45, 2.75) is 6.92 Å². The van der Waals surface area contributed by atoms with Crippen molar-refractivity contribution in [1.82, 2.24) is 10.3 Å². The van der Waals surface area contributed by atoms with Crippen LogP contribution in [0.3, 0.4) is 0 Å². The second-order valence-electron chi connectivity index (χ2n) is 4.77. The maximum absolute atomic E-state index is 11.9. The lowest BCUT2D eigenvalue weighted by Crippen LogP contribution is -2.23. The molecular formula is C17H15N3O4. The molecule has 122 valence electrons. The molecule has 1 aromatic heterocycles. The molecule has 0 saturated heterocycles. The summed E-state index contributed by atoms with van der Waals surface area (Å²) in [4.78, 5) is 26.2. The van der Waals surface area contributed by atoms with Crippen LogP contribution in [0.1, 0.15) is 15.9 Å². The number of aromatic nitrogens is 1. The van der Waals surface area contributed by atoms with Crippen molar-refractivity contribution in [2.24, 2.45) is 0 Å². The highest BCUT2D eigenvalue weighted by molar-refractivity contribution is 5.95. The van der Waals surface area contributed by atoms with Gasteiger partial charge in [-0.15, -0.1) is 0 Å². The van der Waals surface area contributed by atoms with Crippen LogP contribution in [0.2, 0.25) is 0 Å². The van der Waals surface area contributed by atoms with E-state index in [4.69, 9.17) is 4.74 Å². The Hall–Kier alpha value is -3.40. The highest BCUT2D eigenvalue weighted by Gasteiger charge is 2.14. The van der Waals surface area contributed by atoms with Gasteiger partial charge in [0.15, 0.2) is 0 Å². The van der Waals surface area contributed by atoms with E-state index in [9.17, 15) is 14.9 Å². The van der Waals surface area contributed by atoms with Gasteiger partial charge < -0.3 is 10.1 Å². The predicted molar refractivity (Wildman–Crippen MR) is 87.7 cm³/mol. The van der Waals surface area contributed by atoms with Gasteiger partial charge in [0.2, 0.25) is 0 Å². The summed E-state index contributed by atoms with van der Waals surface area (Å²) < 4.78 is 5.33. The van der Waals surface area contributed by atoms with Crippen LogP contribution in [-0.4, -0.2) is 29.0 Å². The predicted octanol–water partition coefficient (Wildman–Crippen LogP) is 2.11. The van der Waals surface area contributed by atoms with Gasteiger partial charge in [0, 0.05) is 23.4 Å². The zero-order chi connectivity index (χ0) is 17.4. The number of amides is 1. The molecule has 0 unspecified atom stereocenters. The van der Waals surface area contributed by atoms with Gasteiger partial charge >= 0.3 is 0 Å². The van der Waals surface area contributed by atoms with Crippen molar-refractivity contribution in [3.05, 3.63) is 64.0 Å². The molecular weight excluding hydrogens is 310 g/mol. The Kier molecular flexibility index (Phi) is 5.86. The lowest BCUT2D eigenvalue weighted by Gasteiger charge is -2.03. The Balaban J connectivity index is 1.83. The van der Waals surface area contributed by atoms with Gasteiger partial charge in [-0.05, 0) is 25.1 Å². The third kappa shape index (κ3) is 4.81. The fourth-order valence-electron chi connectivity index (χ4n) is 1.84. The number of nitro groups is 1. The van der Waals surface area contributed by atoms with Crippen LogP contribution < -0.4 is 10.1 Å². The Morgan fingerprint density at radius 2 is 2.21 bits per heavy atom. The molecule has 24 heavy (non-hydrogen) atoms. The first-order valence-corrected chi connectivity index (χ1v) is 7.09. The quantitative estimate of drug-likeness (QED) is 0.516. The van der Waals surface area contributed by atoms with Gasteiger partial charge in [-0.2, -0.15) is 0 Å². The number of pyridine rings is 1. The zero-order valence-electron chi connectivity index (χ0n) is 13.0. The van der Waals surface area contributed by atoms with Crippen molar-refractivity contribution >= 4 is 11.6 Å². The minimum Gasteiger partial charge on any atom is -0.479 e. The number of carbonyl (C=O) groups excluding carboxylic acids is 1. The topological polar surface area (TPSA) is 94.4 Å². The summed E-state index contributed by atoms with van der Waals surface area (Å²) in [5, 5.41) is 13.5. The third-order valence-corrected chi connectivity index (χ3v) is 3.08. The summed E-state index contributed by atoms with van der Waals surface area (Å²) in [5.74, 6) is 5.70. The normalized spacial score (nSPS) is 9.54. The van der Waals surface area contributed by atoms with E-state index in [1.807, 2.05) is 0 Å². The molecule has 1 amide bonds. The molecule has 0 atom stereocenters. The Labute approximate surface area is 138 Å². The number of rotatable bonds is 5. The summed E-state index contributed by atoms with van der Waals surface area (Å²) in [5.41, 5.74) is 0.642. The van der Waals surface area contributed by atoms with Gasteiger partial charge in [-0.1, -0.05) is 17.9 Å². The van der Waals surface area contributed by atoms with Crippen LogP contribution in [0.25, 0.3) is 0 Å². The minimum absolute atomic E-state index is 0.0846. The molecule has 0 bridgehead atoms. The number of nitrogens with one attached hydrogen (secondary N) is 1. The molecule has 0 radical (unpaired) electrons. The van der Waals surface area contributed by atoms with E-state index in [1.165, 1.54) is 12.1 Å². The fraction of sp³-hybridized carbons (Fsp3) is 0.176. The molecule has 0 aliphatic carbocycles. The van der Waals surface area contributed by atoms with Crippen LogP contribution in [0.4, 0.5) is 5.69 Å². The number of nitrogens with zero attached hydrogens (tertiary/aromatic N) is 2. The smallest absolute Gasteiger partial charge is 0.273 e. The lowest BCUT2D eigenvalue weighted by molar-refractivity contribution is -0.385. The van der Waals surface area contributed by atoms with E-state index in [1.54, 1.807) is 37.5 Å². The molecule has 7 heteroatoms. The molecule has 0 saturated carbocycles. The van der Waals surface area contributed by atoms with Gasteiger partial charge in [-0.25, -0.2) is 0 Å². The second kappa shape index (κ2) is 8.29. The SMILES string of the molecule is Cc1ccc(C(=O)NCC#CCOc2cccnc2)cc1[N+](=O)[O-]. The van der Waals surface area contributed by atoms with Crippen molar-refractivity contribution in [2.75, 3.05) is 13.2 Å². The standard InChI is InChI=1S/C17H15N3O4/c1-13-6-7-14(11-16(13)20(22)23)17(21)19-9-2-3-10-24-15-5-4-8-18-12-15/h4-8,11-12H,9-10H2,1H3,(H,19,21). The number of benzene rings is 1. The summed E-state index contributed by atoms with van der Waals surface area (Å²) in [6.45, 7) is 1.92. The molecule has 1 heterocycles. The van der Waals surface area contributed by atoms with E-state index < -0.39 is 10.8 Å². The molecule has 2 aromatic rings. The van der Waals surface area contributed by atoms with E-state index in [2.05, 4.69) is 22.1 Å². The first-order chi connectivity index (χ1) is 11.6. The van der Waals surface area contributed by atoms with Crippen LogP contribution in [0.15, 0.2) is 42.7 Å². The molecule has 0 fully saturated rings. The van der Waals surface area contributed by atoms with Crippen molar-refractivity contribution in [1.29, 1.82) is 0 Å². The van der Waals surface area contributed by atoms with Crippen LogP contribution in [-0.2, 0) is 0 Å². The minimum atomic E-state index is -0.512. The van der Waals surface area contributed by atoms with Crippen molar-refractivity contribution < 1.29 is 14.5 Å². The first kappa shape index (κ1) is 17.0. The van der Waals surface area contributed by atoms with Gasteiger partial charge in [0.1, 0.15) is 12.4 Å². The average molecular weight is 325 g/mol. The number of aryl methyl sites for hydroxylation is 1. The van der Waals surface area contributed by atoms with Gasteiger partial charge in [0.25, 0.3) is 11.6 Å². The van der Waals surface area contributed by atoms with E-state index in [0.29, 0.717) is 11.3 Å². The summed E-state index contributed by atoms with van der Waals surface area (Å²) in [6.07, 6.45) is 3.22. The summed E-state index contributed by atoms with van der Waals surface area (Å²) >= 11 is 0. The Bertz CT molecular complexity index is 794. The Morgan fingerprint density at radius 3 is 2.92 bits per heavy atom. The molecule has 0 spiro atoms. The fourth-order valence-corrected chi connectivity index (χ4v) is 1.84. The largest absolute Gasteiger partial charge is 0.479 e. The average Bonchev–Trinajstić information content (AvgIpc) is 2.58. The summed E-state index contributed by atoms with van der Waals surface area (Å²) in [6, 6.07) is 7.85. The maximum atomic E-state index is 11.9. The second-order valence-corrected chi connectivity index (χ2v) is 4.77. The van der Waals surface area contributed by atoms with Crippen molar-refractivity contribution in [3.63, 3.8) is 0 Å². The highest BCUT2D eigenvalue weighted by atomic mass is 16.6. The first-order valence-electron chi connectivity index (χ1n) is 7.09. The van der Waals surface area contributed by atoms with Crippen LogP contribution in [0, 0.1) is 28.9 Å². The maximum Gasteiger partial charge on any atom is 0.273 e. The van der Waals surface area contributed by atoms with Crippen LogP contribution >= 0.6 is 0 Å². The van der Waals surface area contributed by atoms with E-state index >= 15 is 0 Å². The molecule has 1 aromatic carbocycles. The molecule has 2 rings (SSSR count).